The second-order valence-electron chi connectivity index (χ2n) is 5.05. The van der Waals surface area contributed by atoms with Crippen molar-refractivity contribution in [3.05, 3.63) is 78.9 Å². The first-order valence-corrected chi connectivity index (χ1v) is 7.10. The normalized spacial score (nSPS) is 12.9. The van der Waals surface area contributed by atoms with Crippen molar-refractivity contribution in [2.45, 2.75) is 0 Å². The van der Waals surface area contributed by atoms with Crippen LogP contribution in [0.4, 0.5) is 16.2 Å². The average Bonchev–Trinajstić information content (AvgIpc) is 2.69. The van der Waals surface area contributed by atoms with Crippen molar-refractivity contribution in [2.75, 3.05) is 4.90 Å². The summed E-state index contributed by atoms with van der Waals surface area (Å²) in [6, 6.07) is 25.0. The van der Waals surface area contributed by atoms with Crippen LogP contribution in [0.15, 0.2) is 78.9 Å². The fraction of sp³-hybridized carbons (Fsp3) is 0. The van der Waals surface area contributed by atoms with Crippen LogP contribution >= 0.6 is 0 Å². The quantitative estimate of drug-likeness (QED) is 0.630. The van der Waals surface area contributed by atoms with Gasteiger partial charge in [0.1, 0.15) is 5.75 Å². The Balaban J connectivity index is 1.99. The molecule has 0 N–H and O–H groups in total. The molecule has 22 heavy (non-hydrogen) atoms. The van der Waals surface area contributed by atoms with Gasteiger partial charge in [-0.15, -0.1) is 0 Å². The van der Waals surface area contributed by atoms with Gasteiger partial charge >= 0.3 is 6.09 Å². The van der Waals surface area contributed by atoms with Gasteiger partial charge in [0.05, 0.1) is 11.4 Å². The van der Waals surface area contributed by atoms with Gasteiger partial charge in [0.25, 0.3) is 0 Å². The Kier molecular flexibility index (Phi) is 2.90. The number of rotatable bonds is 1. The van der Waals surface area contributed by atoms with Crippen LogP contribution in [0, 0.1) is 0 Å². The first kappa shape index (κ1) is 12.7. The van der Waals surface area contributed by atoms with Crippen molar-refractivity contribution in [3.63, 3.8) is 0 Å². The molecule has 3 aromatic carbocycles. The summed E-state index contributed by atoms with van der Waals surface area (Å²) >= 11 is 0. The Labute approximate surface area is 128 Å². The first-order valence-electron chi connectivity index (χ1n) is 7.10. The SMILES string of the molecule is O=C1Oc2ccccc2-c2ccccc2N1c1ccccc1. The Bertz CT molecular complexity index is 843. The van der Waals surface area contributed by atoms with Gasteiger partial charge in [0.2, 0.25) is 0 Å². The minimum atomic E-state index is -0.399. The van der Waals surface area contributed by atoms with Crippen molar-refractivity contribution >= 4 is 17.5 Å². The van der Waals surface area contributed by atoms with E-state index in [9.17, 15) is 4.79 Å². The zero-order chi connectivity index (χ0) is 14.9. The molecule has 106 valence electrons. The van der Waals surface area contributed by atoms with E-state index in [1.807, 2.05) is 78.9 Å². The van der Waals surface area contributed by atoms with Crippen LogP contribution in [-0.4, -0.2) is 6.09 Å². The fourth-order valence-electron chi connectivity index (χ4n) is 2.73. The maximum atomic E-state index is 12.6. The molecule has 0 saturated carbocycles. The number of hydrogen-bond acceptors (Lipinski definition) is 2. The van der Waals surface area contributed by atoms with E-state index in [-0.39, 0.29) is 0 Å². The molecule has 0 unspecified atom stereocenters. The summed E-state index contributed by atoms with van der Waals surface area (Å²) in [7, 11) is 0. The lowest BCUT2D eigenvalue weighted by Gasteiger charge is -2.21. The molecule has 0 bridgehead atoms. The Morgan fingerprint density at radius 3 is 2.14 bits per heavy atom. The molecule has 0 atom stereocenters. The number of amides is 1. The van der Waals surface area contributed by atoms with Crippen LogP contribution in [0.25, 0.3) is 11.1 Å². The minimum absolute atomic E-state index is 0.399. The third-order valence-corrected chi connectivity index (χ3v) is 3.72. The third kappa shape index (κ3) is 1.95. The summed E-state index contributed by atoms with van der Waals surface area (Å²) < 4.78 is 5.59. The van der Waals surface area contributed by atoms with Crippen LogP contribution in [0.3, 0.4) is 0 Å². The topological polar surface area (TPSA) is 29.5 Å². The van der Waals surface area contributed by atoms with Crippen molar-refractivity contribution in [1.82, 2.24) is 0 Å². The summed E-state index contributed by atoms with van der Waals surface area (Å²) in [6.45, 7) is 0. The van der Waals surface area contributed by atoms with E-state index >= 15 is 0 Å². The highest BCUT2D eigenvalue weighted by molar-refractivity contribution is 6.04. The molecule has 4 rings (SSSR count). The van der Waals surface area contributed by atoms with Gasteiger partial charge in [-0.1, -0.05) is 54.6 Å². The summed E-state index contributed by atoms with van der Waals surface area (Å²) in [4.78, 5) is 14.3. The van der Waals surface area contributed by atoms with Gasteiger partial charge in [-0.05, 0) is 24.3 Å². The summed E-state index contributed by atoms with van der Waals surface area (Å²) in [5.74, 6) is 0.582. The Morgan fingerprint density at radius 2 is 1.32 bits per heavy atom. The lowest BCUT2D eigenvalue weighted by atomic mass is 10.0. The van der Waals surface area contributed by atoms with Crippen molar-refractivity contribution in [2.24, 2.45) is 0 Å². The monoisotopic (exact) mass is 287 g/mol. The number of benzene rings is 3. The van der Waals surface area contributed by atoms with E-state index in [1.165, 1.54) is 0 Å². The maximum Gasteiger partial charge on any atom is 0.424 e. The van der Waals surface area contributed by atoms with Gasteiger partial charge in [0, 0.05) is 11.1 Å². The number of para-hydroxylation sites is 3. The number of nitrogens with zero attached hydrogens (tertiary/aromatic N) is 1. The number of carbonyl (C=O) groups excluding carboxylic acids is 1. The van der Waals surface area contributed by atoms with Crippen LogP contribution in [0.5, 0.6) is 5.75 Å². The third-order valence-electron chi connectivity index (χ3n) is 3.72. The van der Waals surface area contributed by atoms with Gasteiger partial charge in [0.15, 0.2) is 0 Å². The molecular weight excluding hydrogens is 274 g/mol. The zero-order valence-electron chi connectivity index (χ0n) is 11.8. The van der Waals surface area contributed by atoms with Crippen LogP contribution in [0.2, 0.25) is 0 Å². The summed E-state index contributed by atoms with van der Waals surface area (Å²) in [6.07, 6.45) is -0.399. The molecule has 0 saturated heterocycles. The molecule has 1 aliphatic heterocycles. The lowest BCUT2D eigenvalue weighted by molar-refractivity contribution is 0.211. The molecule has 3 aromatic rings. The highest BCUT2D eigenvalue weighted by atomic mass is 16.6. The smallest absolute Gasteiger partial charge is 0.409 e. The number of anilines is 2. The predicted octanol–water partition coefficient (Wildman–Crippen LogP) is 5.00. The molecule has 1 aliphatic rings. The molecule has 0 spiro atoms. The molecule has 0 fully saturated rings. The number of carbonyl (C=O) groups is 1. The van der Waals surface area contributed by atoms with E-state index < -0.39 is 6.09 Å². The molecule has 1 amide bonds. The largest absolute Gasteiger partial charge is 0.424 e. The standard InChI is InChI=1S/C19H13NO2/c21-19-20(14-8-2-1-3-9-14)17-12-6-4-10-15(17)16-11-5-7-13-18(16)22-19/h1-13H. The van der Waals surface area contributed by atoms with Gasteiger partial charge in [-0.3, -0.25) is 0 Å². The molecule has 3 nitrogen and oxygen atoms in total. The van der Waals surface area contributed by atoms with Crippen molar-refractivity contribution in [1.29, 1.82) is 0 Å². The van der Waals surface area contributed by atoms with E-state index in [0.29, 0.717) is 5.75 Å². The van der Waals surface area contributed by atoms with Crippen LogP contribution < -0.4 is 9.64 Å². The van der Waals surface area contributed by atoms with Crippen molar-refractivity contribution < 1.29 is 9.53 Å². The molecule has 3 heteroatoms. The lowest BCUT2D eigenvalue weighted by Crippen LogP contribution is -2.28. The zero-order valence-corrected chi connectivity index (χ0v) is 11.8. The highest BCUT2D eigenvalue weighted by Gasteiger charge is 2.28. The second-order valence-corrected chi connectivity index (χ2v) is 5.05. The van der Waals surface area contributed by atoms with E-state index in [4.69, 9.17) is 4.74 Å². The van der Waals surface area contributed by atoms with Gasteiger partial charge in [-0.25, -0.2) is 9.69 Å². The minimum Gasteiger partial charge on any atom is -0.409 e. The van der Waals surface area contributed by atoms with E-state index in [2.05, 4.69) is 0 Å². The van der Waals surface area contributed by atoms with Crippen molar-refractivity contribution in [3.8, 4) is 16.9 Å². The Hall–Kier alpha value is -3.07. The van der Waals surface area contributed by atoms with Gasteiger partial charge in [-0.2, -0.15) is 0 Å². The van der Waals surface area contributed by atoms with Crippen LogP contribution in [0.1, 0.15) is 0 Å². The van der Waals surface area contributed by atoms with E-state index in [0.717, 1.165) is 22.5 Å². The first-order chi connectivity index (χ1) is 10.8. The number of fused-ring (bicyclic) bond motifs is 3. The number of ether oxygens (including phenoxy) is 1. The average molecular weight is 287 g/mol. The summed E-state index contributed by atoms with van der Waals surface area (Å²) in [5, 5.41) is 0. The molecular formula is C19H13NO2. The summed E-state index contributed by atoms with van der Waals surface area (Å²) in [5.41, 5.74) is 3.51. The van der Waals surface area contributed by atoms with E-state index in [1.54, 1.807) is 4.90 Å². The predicted molar refractivity (Wildman–Crippen MR) is 86.5 cm³/mol. The number of hydrogen-bond donors (Lipinski definition) is 0. The molecule has 0 radical (unpaired) electrons. The Morgan fingerprint density at radius 1 is 0.682 bits per heavy atom. The molecule has 1 heterocycles. The highest BCUT2D eigenvalue weighted by Crippen LogP contribution is 2.42. The molecule has 0 aliphatic carbocycles. The van der Waals surface area contributed by atoms with Crippen LogP contribution in [-0.2, 0) is 0 Å². The van der Waals surface area contributed by atoms with Gasteiger partial charge < -0.3 is 4.74 Å². The molecule has 0 aromatic heterocycles. The maximum absolute atomic E-state index is 12.6. The second kappa shape index (κ2) is 5.04. The fourth-order valence-corrected chi connectivity index (χ4v) is 2.73.